The van der Waals surface area contributed by atoms with Crippen LogP contribution in [0.15, 0.2) is 42.6 Å². The molecular weight excluding hydrogens is 258 g/mol. The second-order valence-corrected chi connectivity index (χ2v) is 5.74. The monoisotopic (exact) mass is 281 g/mol. The lowest BCUT2D eigenvalue weighted by molar-refractivity contribution is 0.645. The van der Waals surface area contributed by atoms with E-state index in [0.717, 1.165) is 18.8 Å². The smallest absolute Gasteiger partial charge is 0.0602 e. The van der Waals surface area contributed by atoms with Gasteiger partial charge in [0.25, 0.3) is 0 Å². The average Bonchev–Trinajstić information content (AvgIpc) is 2.55. The summed E-state index contributed by atoms with van der Waals surface area (Å²) in [4.78, 5) is 6.91. The van der Waals surface area contributed by atoms with E-state index in [9.17, 15) is 0 Å². The molecule has 1 aromatic carbocycles. The van der Waals surface area contributed by atoms with Gasteiger partial charge < -0.3 is 10.2 Å². The molecule has 0 radical (unpaired) electrons. The van der Waals surface area contributed by atoms with Crippen LogP contribution in [0.25, 0.3) is 0 Å². The third-order valence-corrected chi connectivity index (χ3v) is 4.33. The van der Waals surface area contributed by atoms with Crippen molar-refractivity contribution in [3.63, 3.8) is 0 Å². The number of anilines is 1. The zero-order valence-corrected chi connectivity index (χ0v) is 12.8. The van der Waals surface area contributed by atoms with Gasteiger partial charge in [-0.1, -0.05) is 18.2 Å². The lowest BCUT2D eigenvalue weighted by atomic mass is 9.96. The summed E-state index contributed by atoms with van der Waals surface area (Å²) >= 11 is 0. The fourth-order valence-corrected chi connectivity index (χ4v) is 2.98. The molecule has 2 heterocycles. The molecule has 0 aliphatic carbocycles. The van der Waals surface area contributed by atoms with Crippen molar-refractivity contribution in [1.29, 1.82) is 0 Å². The van der Waals surface area contributed by atoms with Crippen molar-refractivity contribution in [2.75, 3.05) is 18.5 Å². The molecule has 0 saturated heterocycles. The highest BCUT2D eigenvalue weighted by Gasteiger charge is 2.18. The van der Waals surface area contributed by atoms with Crippen molar-refractivity contribution in [3.8, 4) is 0 Å². The second-order valence-electron chi connectivity index (χ2n) is 5.74. The molecule has 2 aromatic rings. The van der Waals surface area contributed by atoms with Gasteiger partial charge in [0.1, 0.15) is 0 Å². The van der Waals surface area contributed by atoms with Crippen molar-refractivity contribution >= 4 is 5.69 Å². The van der Waals surface area contributed by atoms with Gasteiger partial charge in [-0.05, 0) is 56.1 Å². The van der Waals surface area contributed by atoms with E-state index in [0.29, 0.717) is 6.04 Å². The molecule has 0 fully saturated rings. The highest BCUT2D eigenvalue weighted by Crippen LogP contribution is 2.30. The summed E-state index contributed by atoms with van der Waals surface area (Å²) in [5, 5.41) is 3.32. The Kier molecular flexibility index (Phi) is 4.20. The zero-order chi connectivity index (χ0) is 14.7. The number of hydrogen-bond acceptors (Lipinski definition) is 3. The average molecular weight is 281 g/mol. The molecule has 0 saturated carbocycles. The molecule has 110 valence electrons. The SMILES string of the molecule is CNC(C)c1ccc2c(c1)CCCN2Cc1ccccn1. The van der Waals surface area contributed by atoms with Crippen LogP contribution in [0.3, 0.4) is 0 Å². The van der Waals surface area contributed by atoms with Crippen LogP contribution < -0.4 is 10.2 Å². The predicted molar refractivity (Wildman–Crippen MR) is 87.5 cm³/mol. The highest BCUT2D eigenvalue weighted by molar-refractivity contribution is 5.57. The number of pyridine rings is 1. The molecule has 1 aromatic heterocycles. The van der Waals surface area contributed by atoms with Crippen molar-refractivity contribution in [1.82, 2.24) is 10.3 Å². The van der Waals surface area contributed by atoms with Crippen molar-refractivity contribution in [2.24, 2.45) is 0 Å². The van der Waals surface area contributed by atoms with Crippen LogP contribution in [0.2, 0.25) is 0 Å². The second kappa shape index (κ2) is 6.27. The lowest BCUT2D eigenvalue weighted by Gasteiger charge is -2.32. The molecule has 0 amide bonds. The van der Waals surface area contributed by atoms with Crippen molar-refractivity contribution in [3.05, 3.63) is 59.4 Å². The molecule has 1 N–H and O–H groups in total. The van der Waals surface area contributed by atoms with E-state index < -0.39 is 0 Å². The van der Waals surface area contributed by atoms with Gasteiger partial charge in [-0.25, -0.2) is 0 Å². The quantitative estimate of drug-likeness (QED) is 0.932. The van der Waals surface area contributed by atoms with Crippen LogP contribution >= 0.6 is 0 Å². The summed E-state index contributed by atoms with van der Waals surface area (Å²) in [6, 6.07) is 13.4. The van der Waals surface area contributed by atoms with E-state index in [4.69, 9.17) is 0 Å². The van der Waals surface area contributed by atoms with Crippen LogP contribution in [-0.2, 0) is 13.0 Å². The fraction of sp³-hybridized carbons (Fsp3) is 0.389. The third-order valence-electron chi connectivity index (χ3n) is 4.33. The van der Waals surface area contributed by atoms with Crippen LogP contribution in [0, 0.1) is 0 Å². The summed E-state index contributed by atoms with van der Waals surface area (Å²) in [6.07, 6.45) is 4.27. The number of nitrogens with zero attached hydrogens (tertiary/aromatic N) is 2. The Balaban J connectivity index is 1.85. The normalized spacial score (nSPS) is 15.6. The molecule has 3 nitrogen and oxygen atoms in total. The molecule has 3 rings (SSSR count). The fourth-order valence-electron chi connectivity index (χ4n) is 2.98. The number of aryl methyl sites for hydroxylation is 1. The van der Waals surface area contributed by atoms with Crippen molar-refractivity contribution < 1.29 is 0 Å². The topological polar surface area (TPSA) is 28.2 Å². The Bertz CT molecular complexity index is 595. The summed E-state index contributed by atoms with van der Waals surface area (Å²) in [5.74, 6) is 0. The van der Waals surface area contributed by atoms with Crippen LogP contribution in [0.4, 0.5) is 5.69 Å². The van der Waals surface area contributed by atoms with E-state index in [1.165, 1.54) is 29.7 Å². The van der Waals surface area contributed by atoms with Crippen LogP contribution in [-0.4, -0.2) is 18.6 Å². The van der Waals surface area contributed by atoms with E-state index >= 15 is 0 Å². The molecule has 3 heteroatoms. The van der Waals surface area contributed by atoms with Crippen LogP contribution in [0.5, 0.6) is 0 Å². The number of benzene rings is 1. The van der Waals surface area contributed by atoms with Gasteiger partial charge in [0.2, 0.25) is 0 Å². The maximum Gasteiger partial charge on any atom is 0.0602 e. The number of nitrogens with one attached hydrogen (secondary N) is 1. The number of aromatic nitrogens is 1. The van der Waals surface area contributed by atoms with Gasteiger partial charge in [-0.15, -0.1) is 0 Å². The van der Waals surface area contributed by atoms with Gasteiger partial charge in [-0.3, -0.25) is 4.98 Å². The highest BCUT2D eigenvalue weighted by atomic mass is 15.1. The molecule has 1 unspecified atom stereocenters. The first-order chi connectivity index (χ1) is 10.3. The number of hydrogen-bond donors (Lipinski definition) is 1. The first kappa shape index (κ1) is 14.1. The minimum absolute atomic E-state index is 0.404. The molecule has 1 aliphatic heterocycles. The minimum Gasteiger partial charge on any atom is -0.365 e. The Morgan fingerprint density at radius 3 is 2.95 bits per heavy atom. The number of rotatable bonds is 4. The largest absolute Gasteiger partial charge is 0.365 e. The summed E-state index contributed by atoms with van der Waals surface area (Å²) in [6.45, 7) is 4.22. The van der Waals surface area contributed by atoms with E-state index in [2.05, 4.69) is 52.5 Å². The summed E-state index contributed by atoms with van der Waals surface area (Å²) < 4.78 is 0. The molecule has 0 spiro atoms. The van der Waals surface area contributed by atoms with E-state index in [-0.39, 0.29) is 0 Å². The molecule has 0 bridgehead atoms. The van der Waals surface area contributed by atoms with Gasteiger partial charge >= 0.3 is 0 Å². The van der Waals surface area contributed by atoms with E-state index in [1.54, 1.807) is 0 Å². The molecular formula is C18H23N3. The minimum atomic E-state index is 0.404. The predicted octanol–water partition coefficient (Wildman–Crippen LogP) is 3.31. The maximum absolute atomic E-state index is 4.45. The number of fused-ring (bicyclic) bond motifs is 1. The first-order valence-corrected chi connectivity index (χ1v) is 7.73. The first-order valence-electron chi connectivity index (χ1n) is 7.73. The Hall–Kier alpha value is -1.87. The summed E-state index contributed by atoms with van der Waals surface area (Å²) in [5.41, 5.74) is 5.35. The molecule has 21 heavy (non-hydrogen) atoms. The lowest BCUT2D eigenvalue weighted by Crippen LogP contribution is -2.29. The standard InChI is InChI=1S/C18H23N3/c1-14(19-2)15-8-9-18-16(12-15)6-5-11-21(18)13-17-7-3-4-10-20-17/h3-4,7-10,12,14,19H,5-6,11,13H2,1-2H3. The van der Waals surface area contributed by atoms with Gasteiger partial charge in [0.15, 0.2) is 0 Å². The Morgan fingerprint density at radius 1 is 1.29 bits per heavy atom. The molecule has 1 atom stereocenters. The Morgan fingerprint density at radius 2 is 2.19 bits per heavy atom. The van der Waals surface area contributed by atoms with Gasteiger partial charge in [0, 0.05) is 24.5 Å². The zero-order valence-electron chi connectivity index (χ0n) is 12.8. The van der Waals surface area contributed by atoms with E-state index in [1.807, 2.05) is 19.3 Å². The van der Waals surface area contributed by atoms with Crippen LogP contribution in [0.1, 0.15) is 36.2 Å². The molecule has 1 aliphatic rings. The third kappa shape index (κ3) is 3.08. The summed E-state index contributed by atoms with van der Waals surface area (Å²) in [7, 11) is 2.01. The Labute approximate surface area is 127 Å². The van der Waals surface area contributed by atoms with Gasteiger partial charge in [0.05, 0.1) is 12.2 Å². The maximum atomic E-state index is 4.45. The van der Waals surface area contributed by atoms with Crippen molar-refractivity contribution in [2.45, 2.75) is 32.4 Å². The van der Waals surface area contributed by atoms with Gasteiger partial charge in [-0.2, -0.15) is 0 Å².